The molecule has 0 radical (unpaired) electrons. The van der Waals surface area contributed by atoms with Crippen LogP contribution >= 0.6 is 0 Å². The SMILES string of the molecule is C=CC1=Nc2cc(C)ccc2C1=O.CC. The third-order valence-corrected chi connectivity index (χ3v) is 2.06. The number of carbonyl (C=O) groups is 1. The Bertz CT molecular complexity index is 430. The van der Waals surface area contributed by atoms with Crippen molar-refractivity contribution in [3.8, 4) is 0 Å². The van der Waals surface area contributed by atoms with E-state index in [2.05, 4.69) is 11.6 Å². The summed E-state index contributed by atoms with van der Waals surface area (Å²) in [5.74, 6) is -0.0231. The van der Waals surface area contributed by atoms with Gasteiger partial charge in [0.05, 0.1) is 5.69 Å². The lowest BCUT2D eigenvalue weighted by Gasteiger charge is -1.95. The average Bonchev–Trinajstić information content (AvgIpc) is 2.58. The van der Waals surface area contributed by atoms with E-state index in [1.807, 2.05) is 39.0 Å². The van der Waals surface area contributed by atoms with Crippen LogP contribution in [0.5, 0.6) is 0 Å². The number of allylic oxidation sites excluding steroid dienone is 1. The smallest absolute Gasteiger partial charge is 0.213 e. The van der Waals surface area contributed by atoms with Gasteiger partial charge in [0, 0.05) is 5.56 Å². The number of carbonyl (C=O) groups excluding carboxylic acids is 1. The van der Waals surface area contributed by atoms with Crippen molar-refractivity contribution in [1.29, 1.82) is 0 Å². The van der Waals surface area contributed by atoms with E-state index < -0.39 is 0 Å². The topological polar surface area (TPSA) is 29.4 Å². The van der Waals surface area contributed by atoms with Gasteiger partial charge in [-0.15, -0.1) is 0 Å². The highest BCUT2D eigenvalue weighted by molar-refractivity contribution is 6.53. The Balaban J connectivity index is 0.000000531. The average molecular weight is 201 g/mol. The molecule has 0 saturated carbocycles. The van der Waals surface area contributed by atoms with Crippen molar-refractivity contribution in [2.75, 3.05) is 0 Å². The van der Waals surface area contributed by atoms with E-state index in [4.69, 9.17) is 0 Å². The van der Waals surface area contributed by atoms with Crippen LogP contribution in [-0.4, -0.2) is 11.5 Å². The first-order chi connectivity index (χ1) is 7.22. The minimum atomic E-state index is -0.0231. The molecule has 0 bridgehead atoms. The maximum atomic E-state index is 11.5. The summed E-state index contributed by atoms with van der Waals surface area (Å²) in [7, 11) is 0. The molecule has 0 amide bonds. The van der Waals surface area contributed by atoms with E-state index in [0.29, 0.717) is 11.3 Å². The Morgan fingerprint density at radius 3 is 2.60 bits per heavy atom. The molecule has 0 aromatic heterocycles. The zero-order valence-corrected chi connectivity index (χ0v) is 9.37. The monoisotopic (exact) mass is 201 g/mol. The van der Waals surface area contributed by atoms with Crippen molar-refractivity contribution in [2.24, 2.45) is 4.99 Å². The van der Waals surface area contributed by atoms with Crippen LogP contribution < -0.4 is 0 Å². The van der Waals surface area contributed by atoms with Gasteiger partial charge in [0.2, 0.25) is 5.78 Å². The highest BCUT2D eigenvalue weighted by atomic mass is 16.1. The molecule has 0 N–H and O–H groups in total. The quantitative estimate of drug-likeness (QED) is 0.684. The predicted octanol–water partition coefficient (Wildman–Crippen LogP) is 3.48. The number of hydrogen-bond donors (Lipinski definition) is 0. The number of ketones is 1. The van der Waals surface area contributed by atoms with Crippen LogP contribution in [0, 0.1) is 6.92 Å². The fourth-order valence-corrected chi connectivity index (χ4v) is 1.38. The molecule has 1 aliphatic rings. The van der Waals surface area contributed by atoms with Crippen molar-refractivity contribution >= 4 is 17.2 Å². The molecular formula is C13H15NO. The fourth-order valence-electron chi connectivity index (χ4n) is 1.38. The number of aliphatic imine (C=N–C) groups is 1. The molecule has 78 valence electrons. The Morgan fingerprint density at radius 1 is 1.33 bits per heavy atom. The molecule has 1 aliphatic heterocycles. The first-order valence-electron chi connectivity index (χ1n) is 5.09. The summed E-state index contributed by atoms with van der Waals surface area (Å²) in [6, 6.07) is 5.63. The minimum absolute atomic E-state index is 0.0231. The number of rotatable bonds is 1. The van der Waals surface area contributed by atoms with E-state index in [0.717, 1.165) is 11.3 Å². The van der Waals surface area contributed by atoms with Gasteiger partial charge in [0.15, 0.2) is 0 Å². The van der Waals surface area contributed by atoms with Crippen LogP contribution in [0.2, 0.25) is 0 Å². The van der Waals surface area contributed by atoms with Gasteiger partial charge in [-0.3, -0.25) is 4.79 Å². The Kier molecular flexibility index (Phi) is 3.56. The third-order valence-electron chi connectivity index (χ3n) is 2.06. The first-order valence-corrected chi connectivity index (χ1v) is 5.09. The standard InChI is InChI=1S/C11H9NO.C2H6/c1-3-9-11(13)8-5-4-7(2)6-10(8)12-9;1-2/h3-6H,1H2,2H3;1-2H3. The third kappa shape index (κ3) is 2.04. The second-order valence-corrected chi connectivity index (χ2v) is 3.05. The molecule has 2 rings (SSSR count). The van der Waals surface area contributed by atoms with E-state index in [1.165, 1.54) is 6.08 Å². The second kappa shape index (κ2) is 4.69. The summed E-state index contributed by atoms with van der Waals surface area (Å²) in [5, 5.41) is 0. The van der Waals surface area contributed by atoms with Gasteiger partial charge in [-0.1, -0.05) is 26.5 Å². The van der Waals surface area contributed by atoms with Gasteiger partial charge in [0.1, 0.15) is 5.71 Å². The minimum Gasteiger partial charge on any atom is -0.287 e. The lowest BCUT2D eigenvalue weighted by atomic mass is 10.1. The van der Waals surface area contributed by atoms with Gasteiger partial charge >= 0.3 is 0 Å². The lowest BCUT2D eigenvalue weighted by Crippen LogP contribution is -2.05. The van der Waals surface area contributed by atoms with Crippen molar-refractivity contribution in [3.63, 3.8) is 0 Å². The van der Waals surface area contributed by atoms with Crippen molar-refractivity contribution < 1.29 is 4.79 Å². The molecule has 0 saturated heterocycles. The van der Waals surface area contributed by atoms with Crippen LogP contribution in [0.1, 0.15) is 29.8 Å². The highest BCUT2D eigenvalue weighted by Gasteiger charge is 2.21. The molecule has 1 aromatic rings. The predicted molar refractivity (Wildman–Crippen MR) is 64.1 cm³/mol. The maximum Gasteiger partial charge on any atom is 0.213 e. The first kappa shape index (κ1) is 11.4. The number of aryl methyl sites for hydroxylation is 1. The molecule has 0 spiro atoms. The van der Waals surface area contributed by atoms with Crippen LogP contribution in [0.4, 0.5) is 5.69 Å². The van der Waals surface area contributed by atoms with Crippen molar-refractivity contribution in [2.45, 2.75) is 20.8 Å². The summed E-state index contributed by atoms with van der Waals surface area (Å²) in [5.41, 5.74) is 3.00. The van der Waals surface area contributed by atoms with Crippen molar-refractivity contribution in [1.82, 2.24) is 0 Å². The van der Waals surface area contributed by atoms with E-state index in [1.54, 1.807) is 0 Å². The number of Topliss-reactive ketones (excluding diaryl/α,β-unsaturated/α-hetero) is 1. The molecule has 1 aromatic carbocycles. The van der Waals surface area contributed by atoms with Gasteiger partial charge in [-0.25, -0.2) is 4.99 Å². The largest absolute Gasteiger partial charge is 0.287 e. The van der Waals surface area contributed by atoms with Crippen LogP contribution in [0.15, 0.2) is 35.8 Å². The molecular weight excluding hydrogens is 186 g/mol. The highest BCUT2D eigenvalue weighted by Crippen LogP contribution is 2.27. The Labute approximate surface area is 90.4 Å². The molecule has 0 fully saturated rings. The number of nitrogens with zero attached hydrogens (tertiary/aromatic N) is 1. The summed E-state index contributed by atoms with van der Waals surface area (Å²) >= 11 is 0. The van der Waals surface area contributed by atoms with Crippen LogP contribution in [0.25, 0.3) is 0 Å². The molecule has 1 heterocycles. The maximum absolute atomic E-state index is 11.5. The molecule has 0 atom stereocenters. The lowest BCUT2D eigenvalue weighted by molar-refractivity contribution is 0.107. The summed E-state index contributed by atoms with van der Waals surface area (Å²) in [6.45, 7) is 9.53. The van der Waals surface area contributed by atoms with Gasteiger partial charge in [-0.05, 0) is 30.7 Å². The van der Waals surface area contributed by atoms with Gasteiger partial charge < -0.3 is 0 Å². The second-order valence-electron chi connectivity index (χ2n) is 3.05. The van der Waals surface area contributed by atoms with E-state index >= 15 is 0 Å². The zero-order valence-electron chi connectivity index (χ0n) is 9.37. The normalized spacial score (nSPS) is 12.5. The molecule has 2 heteroatoms. The molecule has 0 unspecified atom stereocenters. The summed E-state index contributed by atoms with van der Waals surface area (Å²) in [4.78, 5) is 15.7. The zero-order chi connectivity index (χ0) is 11.4. The number of fused-ring (bicyclic) bond motifs is 1. The van der Waals surface area contributed by atoms with E-state index in [9.17, 15) is 4.79 Å². The number of hydrogen-bond acceptors (Lipinski definition) is 2. The van der Waals surface area contributed by atoms with E-state index in [-0.39, 0.29) is 5.78 Å². The van der Waals surface area contributed by atoms with Gasteiger partial charge in [-0.2, -0.15) is 0 Å². The summed E-state index contributed by atoms with van der Waals surface area (Å²) < 4.78 is 0. The number of benzene rings is 1. The Morgan fingerprint density at radius 2 is 2.00 bits per heavy atom. The van der Waals surface area contributed by atoms with Crippen LogP contribution in [-0.2, 0) is 0 Å². The molecule has 0 aliphatic carbocycles. The Hall–Kier alpha value is -1.70. The van der Waals surface area contributed by atoms with Crippen molar-refractivity contribution in [3.05, 3.63) is 42.0 Å². The van der Waals surface area contributed by atoms with Crippen LogP contribution in [0.3, 0.4) is 0 Å². The summed E-state index contributed by atoms with van der Waals surface area (Å²) in [6.07, 6.45) is 1.50. The molecule has 15 heavy (non-hydrogen) atoms. The van der Waals surface area contributed by atoms with Gasteiger partial charge in [0.25, 0.3) is 0 Å². The molecule has 2 nitrogen and oxygen atoms in total. The fraction of sp³-hybridized carbons (Fsp3) is 0.231.